The molecule has 1 fully saturated rings. The maximum Gasteiger partial charge on any atom is 0.407 e. The summed E-state index contributed by atoms with van der Waals surface area (Å²) < 4.78 is 6.11. The largest absolute Gasteiger partial charge is 0.478 e. The number of carbonyl (C=O) groups is 3. The second-order valence-electron chi connectivity index (χ2n) is 8.30. The molecule has 0 aromatic heterocycles. The van der Waals surface area contributed by atoms with E-state index in [2.05, 4.69) is 33.4 Å². The minimum atomic E-state index is -1.08. The number of benzene rings is 3. The summed E-state index contributed by atoms with van der Waals surface area (Å²) in [6.07, 6.45) is -0.250. The second kappa shape index (κ2) is 8.95. The molecule has 1 aliphatic carbocycles. The summed E-state index contributed by atoms with van der Waals surface area (Å²) in [6.45, 7) is 0.529. The predicted octanol–water partition coefficient (Wildman–Crippen LogP) is 4.79. The smallest absolute Gasteiger partial charge is 0.407 e. The number of aromatic carboxylic acids is 1. The van der Waals surface area contributed by atoms with Crippen molar-refractivity contribution in [2.45, 2.75) is 18.4 Å². The van der Waals surface area contributed by atoms with Crippen molar-refractivity contribution in [2.75, 3.05) is 18.1 Å². The highest BCUT2D eigenvalue weighted by atomic mass is 79.9. The maximum atomic E-state index is 12.9. The Bertz CT molecular complexity index is 1260. The summed E-state index contributed by atoms with van der Waals surface area (Å²) in [5.41, 5.74) is 5.05. The molecule has 2 aliphatic rings. The molecule has 0 bridgehead atoms. The number of nitrogens with zero attached hydrogens (tertiary/aromatic N) is 1. The van der Waals surface area contributed by atoms with Gasteiger partial charge in [0.15, 0.2) is 0 Å². The molecule has 34 heavy (non-hydrogen) atoms. The van der Waals surface area contributed by atoms with E-state index in [1.165, 1.54) is 17.0 Å². The number of carbonyl (C=O) groups excluding carboxylic acids is 2. The monoisotopic (exact) mass is 520 g/mol. The Morgan fingerprint density at radius 2 is 1.68 bits per heavy atom. The highest BCUT2D eigenvalue weighted by molar-refractivity contribution is 9.10. The van der Waals surface area contributed by atoms with E-state index in [0.717, 1.165) is 22.3 Å². The zero-order valence-corrected chi connectivity index (χ0v) is 19.6. The van der Waals surface area contributed by atoms with Gasteiger partial charge in [-0.1, -0.05) is 64.5 Å². The molecule has 0 saturated carbocycles. The number of anilines is 1. The quantitative estimate of drug-likeness (QED) is 0.504. The number of nitrogens with one attached hydrogen (secondary N) is 1. The van der Waals surface area contributed by atoms with Crippen molar-refractivity contribution < 1.29 is 24.2 Å². The SMILES string of the molecule is O=C(NC1CCN(c2cc(Br)cc(C(=O)O)c2)C1=O)OCC1c2ccccc2-c2ccccc21. The lowest BCUT2D eigenvalue weighted by molar-refractivity contribution is -0.118. The van der Waals surface area contributed by atoms with Gasteiger partial charge in [0.2, 0.25) is 5.91 Å². The Morgan fingerprint density at radius 1 is 1.03 bits per heavy atom. The van der Waals surface area contributed by atoms with Gasteiger partial charge in [0.1, 0.15) is 12.6 Å². The Hall–Kier alpha value is -3.65. The first-order valence-electron chi connectivity index (χ1n) is 10.9. The molecule has 5 rings (SSSR count). The van der Waals surface area contributed by atoms with E-state index >= 15 is 0 Å². The van der Waals surface area contributed by atoms with E-state index in [4.69, 9.17) is 4.74 Å². The topological polar surface area (TPSA) is 95.9 Å². The first-order chi connectivity index (χ1) is 16.4. The summed E-state index contributed by atoms with van der Waals surface area (Å²) in [6, 6.07) is 20.0. The molecule has 0 radical (unpaired) electrons. The van der Waals surface area contributed by atoms with Gasteiger partial charge in [-0.2, -0.15) is 0 Å². The number of amides is 2. The normalized spacial score (nSPS) is 16.8. The van der Waals surface area contributed by atoms with Gasteiger partial charge in [0.05, 0.1) is 5.56 Å². The zero-order chi connectivity index (χ0) is 23.8. The van der Waals surface area contributed by atoms with Crippen LogP contribution < -0.4 is 10.2 Å². The molecule has 3 aromatic rings. The molecule has 1 aliphatic heterocycles. The van der Waals surface area contributed by atoms with Gasteiger partial charge in [-0.25, -0.2) is 9.59 Å². The molecule has 1 unspecified atom stereocenters. The fourth-order valence-electron chi connectivity index (χ4n) is 4.71. The van der Waals surface area contributed by atoms with Gasteiger partial charge < -0.3 is 20.1 Å². The van der Waals surface area contributed by atoms with Crippen LogP contribution in [0.2, 0.25) is 0 Å². The van der Waals surface area contributed by atoms with Gasteiger partial charge in [0, 0.05) is 22.6 Å². The van der Waals surface area contributed by atoms with E-state index < -0.39 is 18.1 Å². The molecule has 1 heterocycles. The van der Waals surface area contributed by atoms with Crippen LogP contribution in [0.25, 0.3) is 11.1 Å². The molecule has 7 nitrogen and oxygen atoms in total. The Kier molecular flexibility index (Phi) is 5.83. The van der Waals surface area contributed by atoms with Crippen LogP contribution in [0.4, 0.5) is 10.5 Å². The summed E-state index contributed by atoms with van der Waals surface area (Å²) >= 11 is 3.29. The van der Waals surface area contributed by atoms with Crippen LogP contribution in [0, 0.1) is 0 Å². The number of ether oxygens (including phenoxy) is 1. The van der Waals surface area contributed by atoms with Gasteiger partial charge in [-0.15, -0.1) is 0 Å². The van der Waals surface area contributed by atoms with Crippen molar-refractivity contribution in [1.82, 2.24) is 5.32 Å². The molecule has 1 atom stereocenters. The molecule has 0 spiro atoms. The van der Waals surface area contributed by atoms with Crippen molar-refractivity contribution in [3.8, 4) is 11.1 Å². The average Bonchev–Trinajstić information content (AvgIpc) is 3.35. The first kappa shape index (κ1) is 22.2. The van der Waals surface area contributed by atoms with Crippen LogP contribution in [-0.2, 0) is 9.53 Å². The highest BCUT2D eigenvalue weighted by Gasteiger charge is 2.35. The van der Waals surface area contributed by atoms with Crippen LogP contribution in [0.1, 0.15) is 33.8 Å². The third kappa shape index (κ3) is 4.05. The van der Waals surface area contributed by atoms with Crippen molar-refractivity contribution in [3.05, 3.63) is 87.9 Å². The van der Waals surface area contributed by atoms with Gasteiger partial charge in [-0.3, -0.25) is 4.79 Å². The van der Waals surface area contributed by atoms with Gasteiger partial charge >= 0.3 is 12.1 Å². The standard InChI is InChI=1S/C26H21BrN2O5/c27-16-11-15(25(31)32)12-17(13-16)29-10-9-23(24(29)30)28-26(33)34-14-22-20-7-3-1-5-18(20)19-6-2-4-8-21(19)22/h1-8,11-13,22-23H,9-10,14H2,(H,28,33)(H,31,32). The van der Waals surface area contributed by atoms with E-state index in [9.17, 15) is 19.5 Å². The minimum absolute atomic E-state index is 0.0648. The average molecular weight is 521 g/mol. The predicted molar refractivity (Wildman–Crippen MR) is 130 cm³/mol. The first-order valence-corrected chi connectivity index (χ1v) is 11.7. The fourth-order valence-corrected chi connectivity index (χ4v) is 5.19. The molecular weight excluding hydrogens is 500 g/mol. The molecule has 3 aromatic carbocycles. The number of carboxylic acids is 1. The number of hydrogen-bond donors (Lipinski definition) is 2. The van der Waals surface area contributed by atoms with E-state index in [0.29, 0.717) is 23.1 Å². The number of carboxylic acid groups (broad SMARTS) is 1. The van der Waals surface area contributed by atoms with Gasteiger partial charge in [0.25, 0.3) is 0 Å². The number of fused-ring (bicyclic) bond motifs is 3. The van der Waals surface area contributed by atoms with Crippen LogP contribution in [0.3, 0.4) is 0 Å². The van der Waals surface area contributed by atoms with E-state index in [-0.39, 0.29) is 24.0 Å². The summed E-state index contributed by atoms with van der Waals surface area (Å²) in [4.78, 5) is 38.3. The Balaban J connectivity index is 1.24. The lowest BCUT2D eigenvalue weighted by Gasteiger charge is -2.19. The van der Waals surface area contributed by atoms with Crippen molar-refractivity contribution >= 4 is 39.6 Å². The fraction of sp³-hybridized carbons (Fsp3) is 0.192. The zero-order valence-electron chi connectivity index (χ0n) is 18.0. The summed E-state index contributed by atoms with van der Waals surface area (Å²) in [7, 11) is 0. The van der Waals surface area contributed by atoms with Crippen molar-refractivity contribution in [3.63, 3.8) is 0 Å². The summed E-state index contributed by atoms with van der Waals surface area (Å²) in [5.74, 6) is -1.45. The molecule has 2 N–H and O–H groups in total. The van der Waals surface area contributed by atoms with E-state index in [1.54, 1.807) is 6.07 Å². The molecule has 2 amide bonds. The maximum absolute atomic E-state index is 12.9. The molecule has 1 saturated heterocycles. The van der Waals surface area contributed by atoms with Crippen LogP contribution in [0.15, 0.2) is 71.2 Å². The molecule has 172 valence electrons. The third-order valence-electron chi connectivity index (χ3n) is 6.28. The number of rotatable bonds is 5. The molecule has 8 heteroatoms. The lowest BCUT2D eigenvalue weighted by atomic mass is 9.98. The highest BCUT2D eigenvalue weighted by Crippen LogP contribution is 2.44. The van der Waals surface area contributed by atoms with Crippen molar-refractivity contribution in [2.24, 2.45) is 0 Å². The van der Waals surface area contributed by atoms with Crippen molar-refractivity contribution in [1.29, 1.82) is 0 Å². The minimum Gasteiger partial charge on any atom is -0.478 e. The Labute approximate surface area is 204 Å². The van der Waals surface area contributed by atoms with Crippen LogP contribution in [-0.4, -0.2) is 42.3 Å². The number of alkyl carbamates (subject to hydrolysis) is 1. The van der Waals surface area contributed by atoms with Crippen LogP contribution in [0.5, 0.6) is 0 Å². The molecular formula is C26H21BrN2O5. The lowest BCUT2D eigenvalue weighted by Crippen LogP contribution is -2.42. The third-order valence-corrected chi connectivity index (χ3v) is 6.74. The Morgan fingerprint density at radius 3 is 2.32 bits per heavy atom. The second-order valence-corrected chi connectivity index (χ2v) is 9.22. The number of halogens is 1. The van der Waals surface area contributed by atoms with Crippen LogP contribution >= 0.6 is 15.9 Å². The number of hydrogen-bond acceptors (Lipinski definition) is 4. The van der Waals surface area contributed by atoms with E-state index in [1.807, 2.05) is 36.4 Å². The summed E-state index contributed by atoms with van der Waals surface area (Å²) in [5, 5.41) is 12.0. The van der Waals surface area contributed by atoms with Gasteiger partial charge in [-0.05, 0) is 46.9 Å².